The van der Waals surface area contributed by atoms with Crippen molar-refractivity contribution in [2.45, 2.75) is 123 Å². The lowest BCUT2D eigenvalue weighted by Crippen LogP contribution is -2.57. The number of unbranched alkanes of at least 4 members (excludes halogenated alkanes) is 6. The van der Waals surface area contributed by atoms with Gasteiger partial charge in [0.1, 0.15) is 29.2 Å². The minimum absolute atomic E-state index is 0.0264. The van der Waals surface area contributed by atoms with E-state index in [4.69, 9.17) is 26.2 Å². The fourth-order valence-electron chi connectivity index (χ4n) is 9.39. The Balaban J connectivity index is 0.766. The number of nitrogens with zero attached hydrogens (tertiary/aromatic N) is 6. The molecule has 0 spiro atoms. The van der Waals surface area contributed by atoms with E-state index in [9.17, 15) is 19.5 Å². The van der Waals surface area contributed by atoms with E-state index in [0.717, 1.165) is 94.0 Å². The van der Waals surface area contributed by atoms with E-state index in [-0.39, 0.29) is 36.7 Å². The van der Waals surface area contributed by atoms with Crippen LogP contribution in [0.2, 0.25) is 0 Å². The highest BCUT2D eigenvalue weighted by atomic mass is 32.1. The summed E-state index contributed by atoms with van der Waals surface area (Å²) >= 11 is 1.59. The molecule has 3 amide bonds. The summed E-state index contributed by atoms with van der Waals surface area (Å²) in [5.74, 6) is 0.917. The molecule has 0 radical (unpaired) electrons. The van der Waals surface area contributed by atoms with Gasteiger partial charge < -0.3 is 36.8 Å². The van der Waals surface area contributed by atoms with Crippen LogP contribution in [0.5, 0.6) is 5.75 Å². The molecule has 7 aromatic rings. The third-order valence-corrected chi connectivity index (χ3v) is 14.5. The Labute approximate surface area is 431 Å². The number of amides is 3. The normalized spacial score (nSPS) is 15.6. The molecule has 0 aliphatic carbocycles. The smallest absolute Gasteiger partial charge is 0.246 e. The number of anilines is 1. The van der Waals surface area contributed by atoms with E-state index in [1.807, 2.05) is 142 Å². The molecule has 5 heterocycles. The van der Waals surface area contributed by atoms with E-state index in [2.05, 4.69) is 20.6 Å². The molecule has 4 aromatic heterocycles. The molecule has 0 bridgehead atoms. The van der Waals surface area contributed by atoms with Gasteiger partial charge in [-0.15, -0.1) is 11.3 Å². The molecule has 382 valence electrons. The number of rotatable bonds is 21. The van der Waals surface area contributed by atoms with Gasteiger partial charge in [-0.05, 0) is 97.3 Å². The summed E-state index contributed by atoms with van der Waals surface area (Å²) in [6.45, 7) is 10.6. The van der Waals surface area contributed by atoms with Gasteiger partial charge in [0.05, 0.1) is 46.1 Å². The van der Waals surface area contributed by atoms with Crippen molar-refractivity contribution in [2.75, 3.05) is 18.9 Å². The Morgan fingerprint density at radius 3 is 2.30 bits per heavy atom. The fraction of sp³-hybridized carbons (Fsp3) is 0.386. The number of likely N-dealkylation sites (tertiary alicyclic amines) is 1. The number of aromatic nitrogens is 5. The van der Waals surface area contributed by atoms with E-state index in [0.29, 0.717) is 48.8 Å². The van der Waals surface area contributed by atoms with Crippen LogP contribution in [0, 0.1) is 12.3 Å². The van der Waals surface area contributed by atoms with E-state index in [1.165, 1.54) is 4.90 Å². The summed E-state index contributed by atoms with van der Waals surface area (Å²) in [6, 6.07) is 29.7. The van der Waals surface area contributed by atoms with Crippen molar-refractivity contribution < 1.29 is 24.2 Å². The van der Waals surface area contributed by atoms with Crippen molar-refractivity contribution in [1.82, 2.24) is 40.0 Å². The number of aliphatic hydroxyl groups excluding tert-OH is 1. The summed E-state index contributed by atoms with van der Waals surface area (Å²) in [6.07, 6.45) is 7.91. The molecular formula is C57H68N10O5S. The van der Waals surface area contributed by atoms with Crippen molar-refractivity contribution >= 4 is 46.0 Å². The lowest BCUT2D eigenvalue weighted by atomic mass is 9.85. The van der Waals surface area contributed by atoms with E-state index < -0.39 is 23.6 Å². The second-order valence-electron chi connectivity index (χ2n) is 20.1. The van der Waals surface area contributed by atoms with Gasteiger partial charge in [-0.3, -0.25) is 19.0 Å². The fourth-order valence-corrected chi connectivity index (χ4v) is 10.2. The van der Waals surface area contributed by atoms with Crippen molar-refractivity contribution in [3.05, 3.63) is 126 Å². The molecule has 73 heavy (non-hydrogen) atoms. The summed E-state index contributed by atoms with van der Waals surface area (Å²) in [5, 5.41) is 16.7. The Bertz CT molecular complexity index is 3000. The first-order chi connectivity index (χ1) is 35.2. The highest BCUT2D eigenvalue weighted by molar-refractivity contribution is 7.13. The van der Waals surface area contributed by atoms with Crippen LogP contribution < -0.4 is 26.8 Å². The molecule has 1 fully saturated rings. The standard InChI is InChI=1S/C57H68N10O5S/c1-36(39-21-23-40(24-22-39)50-37(2)61-35-73-50)62-55(70)48-32-43(68)34-66(48)56(71)51(57(3,4)5)65-49(69)18-11-9-7-6-8-10-12-30-72-44-16-13-15-41(31-44)46-27-28-47-54(63-46)67(42-25-19-38(33-58)20-26-42)53(64-47)45-17-14-29-60-52(45)59/h13-17,19-29,31,35-36,43,48,51,68H,6-12,18,30,32-34,58H2,1-5H3,(H2,59,60)(H,62,70)(H,65,69). The highest BCUT2D eigenvalue weighted by Gasteiger charge is 2.44. The molecule has 1 aliphatic heterocycles. The number of aliphatic hydroxyl groups is 1. The number of hydrogen-bond acceptors (Lipinski definition) is 12. The number of ether oxygens (including phenoxy) is 1. The van der Waals surface area contributed by atoms with E-state index >= 15 is 0 Å². The first-order valence-electron chi connectivity index (χ1n) is 25.4. The lowest BCUT2D eigenvalue weighted by molar-refractivity contribution is -0.144. The maximum Gasteiger partial charge on any atom is 0.246 e. The van der Waals surface area contributed by atoms with Crippen LogP contribution in [-0.4, -0.2) is 83.6 Å². The van der Waals surface area contributed by atoms with Crippen LogP contribution in [0.15, 0.2) is 109 Å². The molecule has 1 aliphatic rings. The number of benzene rings is 3. The summed E-state index contributed by atoms with van der Waals surface area (Å²) in [7, 11) is 0. The Hall–Kier alpha value is -7.01. The number of nitrogen functional groups attached to an aromatic ring is 1. The number of nitrogens with one attached hydrogen (secondary N) is 2. The number of pyridine rings is 2. The van der Waals surface area contributed by atoms with Gasteiger partial charge >= 0.3 is 0 Å². The summed E-state index contributed by atoms with van der Waals surface area (Å²) in [5.41, 5.74) is 22.1. The number of carbonyl (C=O) groups excluding carboxylic acids is 3. The largest absolute Gasteiger partial charge is 0.494 e. The Morgan fingerprint density at radius 2 is 1.60 bits per heavy atom. The molecule has 8 rings (SSSR count). The monoisotopic (exact) mass is 1000 g/mol. The number of imidazole rings is 1. The molecule has 4 unspecified atom stereocenters. The predicted octanol–water partition coefficient (Wildman–Crippen LogP) is 9.49. The van der Waals surface area contributed by atoms with Crippen LogP contribution in [0.3, 0.4) is 0 Å². The number of thiazole rings is 1. The predicted molar refractivity (Wildman–Crippen MR) is 289 cm³/mol. The van der Waals surface area contributed by atoms with Gasteiger partial charge in [0.2, 0.25) is 17.7 Å². The van der Waals surface area contributed by atoms with E-state index in [1.54, 1.807) is 17.5 Å². The number of fused-ring (bicyclic) bond motifs is 1. The minimum atomic E-state index is -0.860. The van der Waals surface area contributed by atoms with Crippen LogP contribution in [0.4, 0.5) is 5.82 Å². The number of nitrogens with two attached hydrogens (primary N) is 2. The zero-order chi connectivity index (χ0) is 51.6. The van der Waals surface area contributed by atoms with Gasteiger partial charge in [0.25, 0.3) is 0 Å². The SMILES string of the molecule is Cc1ncsc1-c1ccc(C(C)NC(=O)C2CC(O)CN2C(=O)C(NC(=O)CCCCCCCCCOc2cccc(-c3ccc4nc(-c5cccnc5N)n(-c5ccc(CN)cc5)c4n3)c2)C(C)(C)C)cc1. The quantitative estimate of drug-likeness (QED) is 0.0427. The molecule has 7 N–H and O–H groups in total. The lowest BCUT2D eigenvalue weighted by Gasteiger charge is -2.35. The average Bonchev–Trinajstić information content (AvgIpc) is 4.12. The first kappa shape index (κ1) is 52.3. The zero-order valence-corrected chi connectivity index (χ0v) is 43.3. The molecule has 4 atom stereocenters. The number of β-amino-alcohol motifs (C(OH)–C–C–N with tert-alkyl or cyclic N) is 1. The van der Waals surface area contributed by atoms with Crippen molar-refractivity contribution in [3.63, 3.8) is 0 Å². The molecule has 15 nitrogen and oxygen atoms in total. The Kier molecular flexibility index (Phi) is 17.0. The average molecular weight is 1010 g/mol. The Morgan fingerprint density at radius 1 is 0.863 bits per heavy atom. The van der Waals surface area contributed by atoms with Gasteiger partial charge in [0, 0.05) is 43.4 Å². The van der Waals surface area contributed by atoms with Gasteiger partial charge in [-0.1, -0.05) is 101 Å². The molecule has 0 saturated carbocycles. The number of aryl methyl sites for hydroxylation is 1. The number of carbonyl (C=O) groups is 3. The zero-order valence-electron chi connectivity index (χ0n) is 42.5. The third-order valence-electron chi connectivity index (χ3n) is 13.5. The van der Waals surface area contributed by atoms with Gasteiger partial charge in [0.15, 0.2) is 11.5 Å². The van der Waals surface area contributed by atoms with Crippen molar-refractivity contribution in [2.24, 2.45) is 11.1 Å². The first-order valence-corrected chi connectivity index (χ1v) is 26.3. The molecule has 1 saturated heterocycles. The second-order valence-corrected chi connectivity index (χ2v) is 21.0. The third kappa shape index (κ3) is 12.8. The van der Waals surface area contributed by atoms with Crippen LogP contribution >= 0.6 is 11.3 Å². The topological polar surface area (TPSA) is 216 Å². The summed E-state index contributed by atoms with van der Waals surface area (Å²) in [4.78, 5) is 62.4. The highest BCUT2D eigenvalue weighted by Crippen LogP contribution is 2.34. The second kappa shape index (κ2) is 23.7. The summed E-state index contributed by atoms with van der Waals surface area (Å²) < 4.78 is 8.22. The van der Waals surface area contributed by atoms with Gasteiger partial charge in [-0.25, -0.2) is 19.9 Å². The van der Waals surface area contributed by atoms with Crippen LogP contribution in [0.25, 0.3) is 49.9 Å². The van der Waals surface area contributed by atoms with Gasteiger partial charge in [-0.2, -0.15) is 0 Å². The van der Waals surface area contributed by atoms with Crippen LogP contribution in [-0.2, 0) is 20.9 Å². The number of hydrogen-bond donors (Lipinski definition) is 5. The van der Waals surface area contributed by atoms with Crippen molar-refractivity contribution in [1.29, 1.82) is 0 Å². The maximum absolute atomic E-state index is 14.1. The molecule has 3 aromatic carbocycles. The molecule has 16 heteroatoms. The van der Waals surface area contributed by atoms with Crippen LogP contribution in [0.1, 0.15) is 108 Å². The molecular weight excluding hydrogens is 937 g/mol. The van der Waals surface area contributed by atoms with Crippen molar-refractivity contribution in [3.8, 4) is 44.5 Å². The minimum Gasteiger partial charge on any atom is -0.494 e. The maximum atomic E-state index is 14.1.